The minimum Gasteiger partial charge on any atom is -0.311 e. The average molecular weight is 322 g/mol. The number of hydrogen-bond acceptors (Lipinski definition) is 5. The first kappa shape index (κ1) is 14.7. The van der Waals surface area contributed by atoms with E-state index in [1.54, 1.807) is 0 Å². The van der Waals surface area contributed by atoms with Gasteiger partial charge in [-0.15, -0.1) is 13.2 Å². The Morgan fingerprint density at radius 3 is 2.52 bits per heavy atom. The number of aromatic nitrogens is 1. The Morgan fingerprint density at radius 1 is 1.29 bits per heavy atom. The van der Waals surface area contributed by atoms with Crippen LogP contribution in [0.1, 0.15) is 30.7 Å². The first-order chi connectivity index (χ1) is 9.74. The second kappa shape index (κ2) is 4.92. The van der Waals surface area contributed by atoms with Crippen LogP contribution in [-0.4, -0.2) is 31.8 Å². The fraction of sp³-hybridized carbons (Fsp3) is 0.583. The largest absolute Gasteiger partial charge is 0.537 e. The summed E-state index contributed by atoms with van der Waals surface area (Å²) in [4.78, 5) is 3.62. The van der Waals surface area contributed by atoms with Crippen LogP contribution in [0.2, 0.25) is 0 Å². The zero-order valence-electron chi connectivity index (χ0n) is 10.8. The summed E-state index contributed by atoms with van der Waals surface area (Å²) in [6, 6.07) is 3.37. The van der Waals surface area contributed by atoms with E-state index in [-0.39, 0.29) is 5.92 Å². The average Bonchev–Trinajstić information content (AvgIpc) is 2.98. The number of halogens is 3. The molecule has 2 aliphatic rings. The standard InChI is InChI=1S/C12H13F3N2O3S/c13-12(14,15)20-21(18,19)11-4-1-7(6-16-11)9-5-8-2-3-10(9)17-8/h1,4,6,8-10,17H,2-3,5H2. The van der Waals surface area contributed by atoms with Gasteiger partial charge >= 0.3 is 16.5 Å². The molecule has 0 amide bonds. The molecule has 3 unspecified atom stereocenters. The van der Waals surface area contributed by atoms with Gasteiger partial charge < -0.3 is 5.32 Å². The molecule has 1 N–H and O–H groups in total. The molecule has 2 aliphatic heterocycles. The van der Waals surface area contributed by atoms with Crippen LogP contribution in [0, 0.1) is 0 Å². The summed E-state index contributed by atoms with van der Waals surface area (Å²) >= 11 is 0. The van der Waals surface area contributed by atoms with Crippen LogP contribution in [0.4, 0.5) is 13.2 Å². The fourth-order valence-corrected chi connectivity index (χ4v) is 3.87. The molecule has 3 rings (SSSR count). The third-order valence-electron chi connectivity index (χ3n) is 3.95. The van der Waals surface area contributed by atoms with Gasteiger partial charge in [-0.05, 0) is 30.9 Å². The Morgan fingerprint density at radius 2 is 2.05 bits per heavy atom. The minimum atomic E-state index is -5.26. The topological polar surface area (TPSA) is 68.3 Å². The van der Waals surface area contributed by atoms with Crippen LogP contribution in [-0.2, 0) is 14.3 Å². The van der Waals surface area contributed by atoms with Gasteiger partial charge in [0.15, 0.2) is 5.03 Å². The predicted molar refractivity (Wildman–Crippen MR) is 65.9 cm³/mol. The molecule has 3 heterocycles. The molecule has 2 saturated heterocycles. The van der Waals surface area contributed by atoms with Crippen molar-refractivity contribution in [3.05, 3.63) is 23.9 Å². The van der Waals surface area contributed by atoms with Crippen LogP contribution in [0.25, 0.3) is 0 Å². The van der Waals surface area contributed by atoms with Gasteiger partial charge in [-0.25, -0.2) is 4.98 Å². The summed E-state index contributed by atoms with van der Waals surface area (Å²) in [5.74, 6) is 0.233. The van der Waals surface area contributed by atoms with Crippen molar-refractivity contribution >= 4 is 10.1 Å². The molecular weight excluding hydrogens is 309 g/mol. The van der Waals surface area contributed by atoms with Gasteiger partial charge in [0.1, 0.15) is 0 Å². The lowest BCUT2D eigenvalue weighted by Gasteiger charge is -2.20. The molecule has 1 aromatic rings. The summed E-state index contributed by atoms with van der Waals surface area (Å²) < 4.78 is 62.0. The molecule has 1 aromatic heterocycles. The molecule has 3 atom stereocenters. The number of alkyl halides is 3. The van der Waals surface area contributed by atoms with Gasteiger partial charge in [-0.1, -0.05) is 6.07 Å². The molecule has 116 valence electrons. The van der Waals surface area contributed by atoms with Gasteiger partial charge in [-0.2, -0.15) is 12.6 Å². The number of rotatable bonds is 3. The van der Waals surface area contributed by atoms with E-state index in [2.05, 4.69) is 14.5 Å². The SMILES string of the molecule is O=S(=O)(OC(F)(F)F)c1ccc(C2CC3CCC2N3)cn1. The van der Waals surface area contributed by atoms with Gasteiger partial charge in [0, 0.05) is 24.2 Å². The normalized spacial score (nSPS) is 29.0. The van der Waals surface area contributed by atoms with Crippen molar-refractivity contribution in [3.63, 3.8) is 0 Å². The highest BCUT2D eigenvalue weighted by molar-refractivity contribution is 7.86. The molecule has 9 heteroatoms. The first-order valence-electron chi connectivity index (χ1n) is 6.49. The predicted octanol–water partition coefficient (Wildman–Crippen LogP) is 1.91. The van der Waals surface area contributed by atoms with E-state index in [0.29, 0.717) is 12.1 Å². The molecule has 5 nitrogen and oxygen atoms in total. The molecule has 0 aliphatic carbocycles. The van der Waals surface area contributed by atoms with Crippen LogP contribution in [0.3, 0.4) is 0 Å². The molecule has 0 spiro atoms. The van der Waals surface area contributed by atoms with Crippen molar-refractivity contribution in [2.24, 2.45) is 0 Å². The Kier molecular flexibility index (Phi) is 3.45. The zero-order valence-corrected chi connectivity index (χ0v) is 11.6. The second-order valence-corrected chi connectivity index (χ2v) is 6.80. The monoisotopic (exact) mass is 322 g/mol. The smallest absolute Gasteiger partial charge is 0.311 e. The highest BCUT2D eigenvalue weighted by Gasteiger charge is 2.41. The molecule has 0 radical (unpaired) electrons. The summed E-state index contributed by atoms with van der Waals surface area (Å²) in [5.41, 5.74) is 0.834. The molecule has 21 heavy (non-hydrogen) atoms. The Labute approximate surface area is 119 Å². The Balaban J connectivity index is 1.78. The maximum atomic E-state index is 12.0. The third kappa shape index (κ3) is 3.04. The third-order valence-corrected chi connectivity index (χ3v) is 5.11. The van der Waals surface area contributed by atoms with Gasteiger partial charge in [0.2, 0.25) is 0 Å². The Hall–Kier alpha value is -1.19. The van der Waals surface area contributed by atoms with E-state index in [9.17, 15) is 21.6 Å². The molecule has 0 aromatic carbocycles. The van der Waals surface area contributed by atoms with Crippen molar-refractivity contribution in [1.82, 2.24) is 10.3 Å². The number of hydrogen-bond donors (Lipinski definition) is 1. The van der Waals surface area contributed by atoms with Gasteiger partial charge in [0.05, 0.1) is 0 Å². The molecule has 2 fully saturated rings. The summed E-state index contributed by atoms with van der Waals surface area (Å²) in [6.45, 7) is 0. The van der Waals surface area contributed by atoms with E-state index in [0.717, 1.165) is 30.9 Å². The lowest BCUT2D eigenvalue weighted by molar-refractivity contribution is -0.272. The summed E-state index contributed by atoms with van der Waals surface area (Å²) in [6.07, 6.45) is -0.822. The van der Waals surface area contributed by atoms with E-state index in [1.807, 2.05) is 0 Å². The molecular formula is C12H13F3N2O3S. The lowest BCUT2D eigenvalue weighted by atomic mass is 9.85. The Bertz CT molecular complexity index is 630. The van der Waals surface area contributed by atoms with Gasteiger partial charge in [0.25, 0.3) is 0 Å². The van der Waals surface area contributed by atoms with Crippen LogP contribution in [0.15, 0.2) is 23.4 Å². The quantitative estimate of drug-likeness (QED) is 0.861. The summed E-state index contributed by atoms with van der Waals surface area (Å²) in [5, 5.41) is 2.70. The van der Waals surface area contributed by atoms with Gasteiger partial charge in [-0.3, -0.25) is 0 Å². The van der Waals surface area contributed by atoms with E-state index >= 15 is 0 Å². The zero-order chi connectivity index (χ0) is 15.3. The highest BCUT2D eigenvalue weighted by atomic mass is 32.2. The van der Waals surface area contributed by atoms with Crippen LogP contribution in [0.5, 0.6) is 0 Å². The van der Waals surface area contributed by atoms with Crippen LogP contribution < -0.4 is 5.32 Å². The maximum Gasteiger partial charge on any atom is 0.537 e. The van der Waals surface area contributed by atoms with E-state index in [4.69, 9.17) is 0 Å². The van der Waals surface area contributed by atoms with Crippen LogP contribution >= 0.6 is 0 Å². The second-order valence-electron chi connectivity index (χ2n) is 5.30. The summed E-state index contributed by atoms with van der Waals surface area (Å²) in [7, 11) is -4.92. The molecule has 2 bridgehead atoms. The minimum absolute atomic E-state index is 0.233. The maximum absolute atomic E-state index is 12.0. The molecule has 0 saturated carbocycles. The van der Waals surface area contributed by atoms with Crippen molar-refractivity contribution in [3.8, 4) is 0 Å². The fourth-order valence-electron chi connectivity index (χ4n) is 3.12. The van der Waals surface area contributed by atoms with Crippen molar-refractivity contribution in [1.29, 1.82) is 0 Å². The highest BCUT2D eigenvalue weighted by Crippen LogP contribution is 2.39. The van der Waals surface area contributed by atoms with Crippen molar-refractivity contribution in [2.45, 2.75) is 48.7 Å². The number of pyridine rings is 1. The number of nitrogens with zero attached hydrogens (tertiary/aromatic N) is 1. The number of nitrogens with one attached hydrogen (secondary N) is 1. The first-order valence-corrected chi connectivity index (χ1v) is 7.90. The lowest BCUT2D eigenvalue weighted by Crippen LogP contribution is -2.22. The van der Waals surface area contributed by atoms with E-state index in [1.165, 1.54) is 12.3 Å². The van der Waals surface area contributed by atoms with Crippen molar-refractivity contribution < 1.29 is 25.8 Å². The van der Waals surface area contributed by atoms with E-state index < -0.39 is 21.5 Å². The van der Waals surface area contributed by atoms with Crippen molar-refractivity contribution in [2.75, 3.05) is 0 Å². The number of fused-ring (bicyclic) bond motifs is 2.